The van der Waals surface area contributed by atoms with Gasteiger partial charge in [0.15, 0.2) is 5.52 Å². The van der Waals surface area contributed by atoms with Crippen molar-refractivity contribution in [2.24, 2.45) is 0 Å². The Bertz CT molecular complexity index is 447. The zero-order chi connectivity index (χ0) is 12.4. The van der Waals surface area contributed by atoms with E-state index in [1.54, 1.807) is 12.1 Å². The van der Waals surface area contributed by atoms with E-state index in [1.165, 1.54) is 18.5 Å². The van der Waals surface area contributed by atoms with Gasteiger partial charge in [0.1, 0.15) is 0 Å². The molecule has 1 nitrogen and oxygen atoms in total. The summed E-state index contributed by atoms with van der Waals surface area (Å²) < 4.78 is 0. The number of rotatable bonds is 3. The Balaban J connectivity index is 0.00000162. The standard InChI is InChI=1S/C12H11Cl3OP.Li.H/c13-8-5-6-9(14)11(15)10(8)12(16)17-7-3-1-2-4-7;;/h5-6,17H,1-4H2;;. The van der Waals surface area contributed by atoms with Crippen molar-refractivity contribution >= 4 is 67.8 Å². The molecule has 93 valence electrons. The Labute approximate surface area is 136 Å². The molecule has 1 aromatic carbocycles. The van der Waals surface area contributed by atoms with E-state index >= 15 is 0 Å². The normalized spacial score (nSPS) is 16.2. The predicted molar refractivity (Wildman–Crippen MR) is 83.0 cm³/mol. The van der Waals surface area contributed by atoms with Crippen molar-refractivity contribution in [3.05, 3.63) is 38.4 Å². The van der Waals surface area contributed by atoms with Crippen molar-refractivity contribution < 1.29 is 4.79 Å². The van der Waals surface area contributed by atoms with E-state index in [1.807, 2.05) is 0 Å². The second kappa shape index (κ2) is 7.54. The fourth-order valence-corrected chi connectivity index (χ4v) is 4.05. The van der Waals surface area contributed by atoms with Crippen LogP contribution in [0, 0.1) is 5.66 Å². The van der Waals surface area contributed by atoms with Crippen molar-refractivity contribution in [3.8, 4) is 0 Å². The molecule has 1 unspecified atom stereocenters. The number of hydrogen-bond donors (Lipinski definition) is 0. The summed E-state index contributed by atoms with van der Waals surface area (Å²) in [6, 6.07) is 3.22. The van der Waals surface area contributed by atoms with Crippen LogP contribution >= 0.6 is 43.4 Å². The van der Waals surface area contributed by atoms with Crippen molar-refractivity contribution in [1.29, 1.82) is 0 Å². The van der Waals surface area contributed by atoms with Gasteiger partial charge in [-0.2, -0.15) is 0 Å². The van der Waals surface area contributed by atoms with Gasteiger partial charge in [-0.1, -0.05) is 47.6 Å². The third kappa shape index (κ3) is 3.89. The molecule has 1 saturated carbocycles. The van der Waals surface area contributed by atoms with Crippen molar-refractivity contribution in [2.75, 3.05) is 0 Å². The number of carbonyl (C=O) groups is 1. The maximum absolute atomic E-state index is 12.2. The first-order chi connectivity index (χ1) is 8.09. The second-order valence-electron chi connectivity index (χ2n) is 3.98. The third-order valence-corrected chi connectivity index (χ3v) is 5.22. The van der Waals surface area contributed by atoms with Gasteiger partial charge in [0.2, 0.25) is 0 Å². The molecule has 6 heteroatoms. The molecule has 0 bridgehead atoms. The molecule has 0 amide bonds. The van der Waals surface area contributed by atoms with Crippen LogP contribution in [0.25, 0.3) is 0 Å². The molecular formula is C12H12Cl3LiOP. The first-order valence-corrected chi connectivity index (χ1v) is 7.52. The van der Waals surface area contributed by atoms with Crippen LogP contribution in [0.1, 0.15) is 36.0 Å². The topological polar surface area (TPSA) is 17.1 Å². The van der Waals surface area contributed by atoms with Gasteiger partial charge in [-0.25, -0.2) is 0 Å². The molecule has 0 aromatic heterocycles. The number of hydrogen-bond acceptors (Lipinski definition) is 1. The summed E-state index contributed by atoms with van der Waals surface area (Å²) in [4.78, 5) is 12.2. The van der Waals surface area contributed by atoms with Gasteiger partial charge in [0, 0.05) is 5.66 Å². The summed E-state index contributed by atoms with van der Waals surface area (Å²) >= 11 is 17.9. The molecule has 1 fully saturated rings. The van der Waals surface area contributed by atoms with E-state index in [2.05, 4.69) is 0 Å². The van der Waals surface area contributed by atoms with Crippen molar-refractivity contribution in [2.45, 2.75) is 25.7 Å². The van der Waals surface area contributed by atoms with Crippen molar-refractivity contribution in [1.82, 2.24) is 0 Å². The summed E-state index contributed by atoms with van der Waals surface area (Å²) in [6.07, 6.45) is 4.49. The molecule has 18 heavy (non-hydrogen) atoms. The Kier molecular flexibility index (Phi) is 7.05. The van der Waals surface area contributed by atoms with Crippen LogP contribution in [0.2, 0.25) is 15.1 Å². The molecule has 1 aromatic rings. The molecule has 0 heterocycles. The van der Waals surface area contributed by atoms with Crippen LogP contribution < -0.4 is 0 Å². The van der Waals surface area contributed by atoms with E-state index in [0.29, 0.717) is 15.6 Å². The van der Waals surface area contributed by atoms with Gasteiger partial charge in [0.05, 0.1) is 20.6 Å². The van der Waals surface area contributed by atoms with Crippen LogP contribution in [-0.4, -0.2) is 24.4 Å². The first-order valence-electron chi connectivity index (χ1n) is 5.39. The summed E-state index contributed by atoms with van der Waals surface area (Å²) in [5.41, 5.74) is 1.69. The Morgan fingerprint density at radius 2 is 1.61 bits per heavy atom. The molecular weight excluding hydrogens is 304 g/mol. The predicted octanol–water partition coefficient (Wildman–Crippen LogP) is 4.92. The molecule has 0 spiro atoms. The van der Waals surface area contributed by atoms with Gasteiger partial charge in [-0.3, -0.25) is 4.79 Å². The van der Waals surface area contributed by atoms with Crippen molar-refractivity contribution in [3.63, 3.8) is 0 Å². The summed E-state index contributed by atoms with van der Waals surface area (Å²) in [5.74, 6) is 0. The Morgan fingerprint density at radius 1 is 1.06 bits per heavy atom. The summed E-state index contributed by atoms with van der Waals surface area (Å²) in [6.45, 7) is 0. The summed E-state index contributed by atoms with van der Waals surface area (Å²) in [7, 11) is 0.176. The Morgan fingerprint density at radius 3 is 2.22 bits per heavy atom. The van der Waals surface area contributed by atoms with E-state index in [-0.39, 0.29) is 38.0 Å². The minimum atomic E-state index is -0.000556. The van der Waals surface area contributed by atoms with Gasteiger partial charge in [-0.15, -0.1) is 0 Å². The van der Waals surface area contributed by atoms with Crippen LogP contribution in [-0.2, 0) is 0 Å². The minimum absolute atomic E-state index is 0. The molecule has 0 N–H and O–H groups in total. The first kappa shape index (κ1) is 16.8. The van der Waals surface area contributed by atoms with Gasteiger partial charge in [-0.05, 0) is 33.6 Å². The third-order valence-electron chi connectivity index (χ3n) is 2.77. The van der Waals surface area contributed by atoms with Gasteiger partial charge >= 0.3 is 18.9 Å². The fourth-order valence-electron chi connectivity index (χ4n) is 1.89. The number of halogens is 3. The van der Waals surface area contributed by atoms with Crippen LogP contribution in [0.5, 0.6) is 0 Å². The zero-order valence-electron chi connectivity index (χ0n) is 9.03. The van der Waals surface area contributed by atoms with E-state index < -0.39 is 0 Å². The van der Waals surface area contributed by atoms with Crippen LogP contribution in [0.4, 0.5) is 0 Å². The van der Waals surface area contributed by atoms with E-state index in [4.69, 9.17) is 34.8 Å². The molecule has 2 rings (SSSR count). The molecule has 1 radical (unpaired) electrons. The van der Waals surface area contributed by atoms with E-state index in [9.17, 15) is 4.79 Å². The number of benzene rings is 1. The molecule has 0 aliphatic heterocycles. The second-order valence-corrected chi connectivity index (χ2v) is 6.59. The van der Waals surface area contributed by atoms with Gasteiger partial charge in [0.25, 0.3) is 0 Å². The van der Waals surface area contributed by atoms with Crippen LogP contribution in [0.3, 0.4) is 0 Å². The maximum atomic E-state index is 12.2. The monoisotopic (exact) mass is 315 g/mol. The average molecular weight is 317 g/mol. The molecule has 1 aliphatic carbocycles. The SMILES string of the molecule is O=C(P[C]1CCCC1)c1c(Cl)ccc(Cl)c1Cl.[LiH]. The number of carbonyl (C=O) groups excluding carboxylic acids is 1. The molecule has 0 saturated heterocycles. The van der Waals surface area contributed by atoms with Crippen LogP contribution in [0.15, 0.2) is 12.1 Å². The molecule has 1 aliphatic rings. The summed E-state index contributed by atoms with van der Waals surface area (Å²) in [5, 5.41) is 1.03. The quantitative estimate of drug-likeness (QED) is 0.439. The average Bonchev–Trinajstić information content (AvgIpc) is 2.77. The van der Waals surface area contributed by atoms with Gasteiger partial charge < -0.3 is 0 Å². The fraction of sp³-hybridized carbons (Fsp3) is 0.333. The zero-order valence-corrected chi connectivity index (χ0v) is 12.3. The molecule has 1 atom stereocenters. The Hall–Kier alpha value is 0.787. The van der Waals surface area contributed by atoms with E-state index in [0.717, 1.165) is 12.8 Å².